The van der Waals surface area contributed by atoms with Crippen LogP contribution in [0.3, 0.4) is 0 Å². The van der Waals surface area contributed by atoms with Crippen molar-refractivity contribution in [3.05, 3.63) is 70.9 Å². The Morgan fingerprint density at radius 1 is 1.03 bits per heavy atom. The standard InChI is InChI=1S/C23H20N4O6S/c1-33-15-8-6-14(7-9-15)27-21(18-12-34(31,32)13-19(18)25-27)24-20(28)10-11-26-22(29)16-4-2-3-5-17(16)23(26)30/h2-9H,10-13H2,1H3,(H,24,28). The van der Waals surface area contributed by atoms with Crippen molar-refractivity contribution in [3.63, 3.8) is 0 Å². The molecule has 3 heterocycles. The fourth-order valence-corrected chi connectivity index (χ4v) is 5.63. The Morgan fingerprint density at radius 2 is 1.68 bits per heavy atom. The quantitative estimate of drug-likeness (QED) is 0.534. The first-order valence-corrected chi connectivity index (χ1v) is 12.3. The zero-order chi connectivity index (χ0) is 24.0. The van der Waals surface area contributed by atoms with Gasteiger partial charge in [-0.3, -0.25) is 19.3 Å². The molecule has 10 nitrogen and oxygen atoms in total. The van der Waals surface area contributed by atoms with Gasteiger partial charge in [0.2, 0.25) is 5.91 Å². The van der Waals surface area contributed by atoms with E-state index in [2.05, 4.69) is 10.4 Å². The summed E-state index contributed by atoms with van der Waals surface area (Å²) in [5.41, 5.74) is 2.06. The van der Waals surface area contributed by atoms with Crippen molar-refractivity contribution in [3.8, 4) is 11.4 Å². The molecular weight excluding hydrogens is 460 g/mol. The number of carbonyl (C=O) groups is 3. The summed E-state index contributed by atoms with van der Waals surface area (Å²) in [6.45, 7) is -0.102. The lowest BCUT2D eigenvalue weighted by Crippen LogP contribution is -2.33. The van der Waals surface area contributed by atoms with Crippen LogP contribution in [0.5, 0.6) is 5.75 Å². The molecular formula is C23H20N4O6S. The number of benzene rings is 2. The summed E-state index contributed by atoms with van der Waals surface area (Å²) in [5, 5.41) is 7.16. The number of methoxy groups -OCH3 is 1. The van der Waals surface area contributed by atoms with Gasteiger partial charge >= 0.3 is 0 Å². The average molecular weight is 481 g/mol. The van der Waals surface area contributed by atoms with E-state index < -0.39 is 27.6 Å². The smallest absolute Gasteiger partial charge is 0.261 e. The number of imide groups is 1. The highest BCUT2D eigenvalue weighted by atomic mass is 32.2. The Morgan fingerprint density at radius 3 is 2.29 bits per heavy atom. The number of fused-ring (bicyclic) bond motifs is 2. The van der Waals surface area contributed by atoms with E-state index in [-0.39, 0.29) is 30.3 Å². The Hall–Kier alpha value is -3.99. The van der Waals surface area contributed by atoms with E-state index in [1.807, 2.05) is 0 Å². The molecule has 0 spiro atoms. The summed E-state index contributed by atoms with van der Waals surface area (Å²) < 4.78 is 30.9. The Labute approximate surface area is 195 Å². The summed E-state index contributed by atoms with van der Waals surface area (Å²) in [5.74, 6) is -0.896. The minimum absolute atomic E-state index is 0.102. The highest BCUT2D eigenvalue weighted by Gasteiger charge is 2.36. The van der Waals surface area contributed by atoms with E-state index in [1.165, 1.54) is 4.68 Å². The Kier molecular flexibility index (Phi) is 5.20. The molecule has 2 aliphatic heterocycles. The van der Waals surface area contributed by atoms with Crippen LogP contribution in [-0.4, -0.2) is 54.5 Å². The zero-order valence-corrected chi connectivity index (χ0v) is 19.0. The summed E-state index contributed by atoms with van der Waals surface area (Å²) in [6.07, 6.45) is -0.152. The van der Waals surface area contributed by atoms with Gasteiger partial charge in [-0.25, -0.2) is 13.1 Å². The van der Waals surface area contributed by atoms with Crippen molar-refractivity contribution in [2.24, 2.45) is 0 Å². The topological polar surface area (TPSA) is 128 Å². The summed E-state index contributed by atoms with van der Waals surface area (Å²) in [4.78, 5) is 38.9. The number of ether oxygens (including phenoxy) is 1. The minimum atomic E-state index is -3.35. The molecule has 5 rings (SSSR count). The largest absolute Gasteiger partial charge is 0.497 e. The summed E-state index contributed by atoms with van der Waals surface area (Å²) >= 11 is 0. The van der Waals surface area contributed by atoms with Gasteiger partial charge in [-0.2, -0.15) is 5.10 Å². The van der Waals surface area contributed by atoms with Crippen LogP contribution in [0.4, 0.5) is 5.82 Å². The average Bonchev–Trinajstić information content (AvgIpc) is 3.39. The molecule has 2 aromatic carbocycles. The number of nitrogens with zero attached hydrogens (tertiary/aromatic N) is 3. The van der Waals surface area contributed by atoms with Gasteiger partial charge in [0.25, 0.3) is 11.8 Å². The van der Waals surface area contributed by atoms with Crippen molar-refractivity contribution in [2.75, 3.05) is 19.0 Å². The first-order valence-electron chi connectivity index (χ1n) is 10.5. The van der Waals surface area contributed by atoms with Crippen LogP contribution >= 0.6 is 0 Å². The maximum atomic E-state index is 12.8. The molecule has 0 saturated carbocycles. The van der Waals surface area contributed by atoms with Gasteiger partial charge in [-0.15, -0.1) is 0 Å². The van der Waals surface area contributed by atoms with E-state index in [1.54, 1.807) is 55.6 Å². The molecule has 0 unspecified atom stereocenters. The lowest BCUT2D eigenvalue weighted by Gasteiger charge is -2.15. The maximum Gasteiger partial charge on any atom is 0.261 e. The predicted octanol–water partition coefficient (Wildman–Crippen LogP) is 1.93. The number of rotatable bonds is 6. The van der Waals surface area contributed by atoms with Crippen LogP contribution in [0.25, 0.3) is 5.69 Å². The fraction of sp³-hybridized carbons (Fsp3) is 0.217. The number of carbonyl (C=O) groups excluding carboxylic acids is 3. The van der Waals surface area contributed by atoms with Crippen LogP contribution in [0.1, 0.15) is 38.4 Å². The van der Waals surface area contributed by atoms with Crippen LogP contribution < -0.4 is 10.1 Å². The molecule has 0 aliphatic carbocycles. The van der Waals surface area contributed by atoms with Gasteiger partial charge in [0, 0.05) is 18.5 Å². The van der Waals surface area contributed by atoms with E-state index in [0.29, 0.717) is 33.8 Å². The number of sulfone groups is 1. The molecule has 11 heteroatoms. The summed E-state index contributed by atoms with van der Waals surface area (Å²) in [7, 11) is -1.80. The molecule has 174 valence electrons. The monoisotopic (exact) mass is 480 g/mol. The molecule has 0 bridgehead atoms. The first kappa shape index (κ1) is 21.8. The molecule has 0 saturated heterocycles. The van der Waals surface area contributed by atoms with Gasteiger partial charge in [0.05, 0.1) is 41.1 Å². The molecule has 34 heavy (non-hydrogen) atoms. The van der Waals surface area contributed by atoms with Gasteiger partial charge in [-0.1, -0.05) is 12.1 Å². The Bertz CT molecular complexity index is 1410. The van der Waals surface area contributed by atoms with Crippen LogP contribution in [0.2, 0.25) is 0 Å². The highest BCUT2D eigenvalue weighted by molar-refractivity contribution is 7.90. The Balaban J connectivity index is 1.37. The maximum absolute atomic E-state index is 12.8. The van der Waals surface area contributed by atoms with Crippen molar-refractivity contribution in [1.82, 2.24) is 14.7 Å². The molecule has 0 atom stereocenters. The minimum Gasteiger partial charge on any atom is -0.497 e. The lowest BCUT2D eigenvalue weighted by molar-refractivity contribution is -0.116. The number of anilines is 1. The van der Waals surface area contributed by atoms with Crippen molar-refractivity contribution < 1.29 is 27.5 Å². The van der Waals surface area contributed by atoms with Crippen molar-refractivity contribution >= 4 is 33.4 Å². The summed E-state index contributed by atoms with van der Waals surface area (Å²) in [6, 6.07) is 13.4. The molecule has 3 aromatic rings. The van der Waals surface area contributed by atoms with E-state index in [0.717, 1.165) is 4.90 Å². The molecule has 3 amide bonds. The van der Waals surface area contributed by atoms with Gasteiger partial charge in [-0.05, 0) is 36.4 Å². The number of amides is 3. The number of hydrogen-bond donors (Lipinski definition) is 1. The molecule has 1 aromatic heterocycles. The number of hydrogen-bond acceptors (Lipinski definition) is 7. The van der Waals surface area contributed by atoms with Gasteiger partial charge in [0.15, 0.2) is 9.84 Å². The SMILES string of the molecule is COc1ccc(-n2nc3c(c2NC(=O)CCN2C(=O)c4ccccc4C2=O)CS(=O)(=O)C3)cc1. The van der Waals surface area contributed by atoms with Crippen molar-refractivity contribution in [2.45, 2.75) is 17.9 Å². The van der Waals surface area contributed by atoms with Crippen molar-refractivity contribution in [1.29, 1.82) is 0 Å². The third-order valence-corrected chi connectivity index (χ3v) is 7.24. The van der Waals surface area contributed by atoms with Crippen LogP contribution in [-0.2, 0) is 26.1 Å². The van der Waals surface area contributed by atoms with Crippen LogP contribution in [0.15, 0.2) is 48.5 Å². The van der Waals surface area contributed by atoms with E-state index in [9.17, 15) is 22.8 Å². The second-order valence-electron chi connectivity index (χ2n) is 8.02. The normalized spacial score (nSPS) is 15.9. The number of aromatic nitrogens is 2. The molecule has 2 aliphatic rings. The third kappa shape index (κ3) is 3.73. The first-order chi connectivity index (χ1) is 16.3. The van der Waals surface area contributed by atoms with Crippen LogP contribution in [0, 0.1) is 0 Å². The van der Waals surface area contributed by atoms with E-state index >= 15 is 0 Å². The third-order valence-electron chi connectivity index (χ3n) is 5.80. The lowest BCUT2D eigenvalue weighted by atomic mass is 10.1. The second-order valence-corrected chi connectivity index (χ2v) is 10.1. The van der Waals surface area contributed by atoms with Gasteiger partial charge in [0.1, 0.15) is 11.6 Å². The fourth-order valence-electron chi connectivity index (χ4n) is 4.13. The van der Waals surface area contributed by atoms with Gasteiger partial charge < -0.3 is 10.1 Å². The predicted molar refractivity (Wildman–Crippen MR) is 121 cm³/mol. The van der Waals surface area contributed by atoms with E-state index in [4.69, 9.17) is 4.74 Å². The molecule has 0 fully saturated rings. The highest BCUT2D eigenvalue weighted by Crippen LogP contribution is 2.33. The molecule has 0 radical (unpaired) electrons. The second kappa shape index (κ2) is 8.10. The number of nitrogens with one attached hydrogen (secondary N) is 1. The molecule has 1 N–H and O–H groups in total. The zero-order valence-electron chi connectivity index (χ0n) is 18.1.